The molecular formula is C29H26N2O7S. The van der Waals surface area contributed by atoms with Crippen molar-refractivity contribution in [3.05, 3.63) is 76.9 Å². The molecular weight excluding hydrogens is 520 g/mol. The zero-order valence-electron chi connectivity index (χ0n) is 22.0. The van der Waals surface area contributed by atoms with Gasteiger partial charge in [0.05, 0.1) is 50.3 Å². The molecule has 1 unspecified atom stereocenters. The maximum atomic E-state index is 13.6. The van der Waals surface area contributed by atoms with Crippen LogP contribution < -0.4 is 23.8 Å². The van der Waals surface area contributed by atoms with E-state index in [0.717, 1.165) is 10.3 Å². The fourth-order valence-electron chi connectivity index (χ4n) is 4.63. The average molecular weight is 547 g/mol. The third kappa shape index (κ3) is 4.42. The second-order valence-corrected chi connectivity index (χ2v) is 9.83. The number of aliphatic hydroxyl groups is 1. The molecule has 2 heterocycles. The van der Waals surface area contributed by atoms with E-state index in [-0.39, 0.29) is 11.3 Å². The van der Waals surface area contributed by atoms with Crippen LogP contribution in [0, 0.1) is 6.92 Å². The van der Waals surface area contributed by atoms with E-state index in [1.165, 1.54) is 44.7 Å². The third-order valence-corrected chi connectivity index (χ3v) is 7.57. The number of rotatable bonds is 7. The minimum atomic E-state index is -1.03. The van der Waals surface area contributed by atoms with Crippen molar-refractivity contribution in [2.75, 3.05) is 33.3 Å². The summed E-state index contributed by atoms with van der Waals surface area (Å²) in [7, 11) is 5.97. The first kappa shape index (κ1) is 26.1. The lowest BCUT2D eigenvalue weighted by Gasteiger charge is -2.24. The van der Waals surface area contributed by atoms with Crippen LogP contribution in [0.5, 0.6) is 23.0 Å². The standard InChI is InChI=1S/C29H26N2O7S/c1-15-6-11-19-22(12-15)39-29(30-19)31-24(17-13-20(36-3)27(38-5)21(14-17)37-4)23(26(33)28(31)34)25(32)16-7-9-18(35-2)10-8-16/h6-14,24,32H,1-5H3/b25-23+. The van der Waals surface area contributed by atoms with Gasteiger partial charge in [0.15, 0.2) is 16.6 Å². The van der Waals surface area contributed by atoms with Crippen molar-refractivity contribution in [2.45, 2.75) is 13.0 Å². The number of Topliss-reactive ketones (excluding diaryl/α,β-unsaturated/α-hetero) is 1. The van der Waals surface area contributed by atoms with Crippen molar-refractivity contribution in [1.29, 1.82) is 0 Å². The molecule has 1 aliphatic heterocycles. The summed E-state index contributed by atoms with van der Waals surface area (Å²) in [6.45, 7) is 1.97. The molecule has 4 aromatic rings. The number of anilines is 1. The quantitative estimate of drug-likeness (QED) is 0.190. The summed E-state index contributed by atoms with van der Waals surface area (Å²) in [6.07, 6.45) is 0. The SMILES string of the molecule is COc1ccc(/C(O)=C2\C(=O)C(=O)N(c3nc4ccc(C)cc4s3)C2c2cc(OC)c(OC)c(OC)c2)cc1. The van der Waals surface area contributed by atoms with Gasteiger partial charge in [-0.05, 0) is 66.6 Å². The number of aryl methyl sites for hydroxylation is 1. The Morgan fingerprint density at radius 2 is 1.56 bits per heavy atom. The van der Waals surface area contributed by atoms with Gasteiger partial charge in [-0.15, -0.1) is 0 Å². The van der Waals surface area contributed by atoms with Crippen molar-refractivity contribution >= 4 is 44.1 Å². The van der Waals surface area contributed by atoms with Gasteiger partial charge in [0, 0.05) is 5.56 Å². The molecule has 1 N–H and O–H groups in total. The number of hydrogen-bond acceptors (Lipinski definition) is 9. The number of aromatic nitrogens is 1. The first-order valence-corrected chi connectivity index (χ1v) is 12.8. The third-order valence-electron chi connectivity index (χ3n) is 6.55. The first-order valence-electron chi connectivity index (χ1n) is 11.9. The summed E-state index contributed by atoms with van der Waals surface area (Å²) < 4.78 is 22.6. The van der Waals surface area contributed by atoms with Gasteiger partial charge in [-0.3, -0.25) is 14.5 Å². The highest BCUT2D eigenvalue weighted by atomic mass is 32.1. The second kappa shape index (κ2) is 10.3. The summed E-state index contributed by atoms with van der Waals surface area (Å²) in [5.41, 5.74) is 2.47. The largest absolute Gasteiger partial charge is 0.507 e. The summed E-state index contributed by atoms with van der Waals surface area (Å²) in [6, 6.07) is 14.6. The van der Waals surface area contributed by atoms with E-state index in [9.17, 15) is 14.7 Å². The highest BCUT2D eigenvalue weighted by Gasteiger charge is 2.48. The number of nitrogens with zero attached hydrogens (tertiary/aromatic N) is 2. The Labute approximate surface area is 228 Å². The average Bonchev–Trinajstić information content (AvgIpc) is 3.49. The number of methoxy groups -OCH3 is 4. The monoisotopic (exact) mass is 546 g/mol. The molecule has 1 atom stereocenters. The van der Waals surface area contributed by atoms with Crippen molar-refractivity contribution in [3.8, 4) is 23.0 Å². The predicted octanol–water partition coefficient (Wildman–Crippen LogP) is 5.27. The lowest BCUT2D eigenvalue weighted by molar-refractivity contribution is -0.132. The summed E-state index contributed by atoms with van der Waals surface area (Å²) in [5.74, 6) is -0.362. The summed E-state index contributed by atoms with van der Waals surface area (Å²) in [4.78, 5) is 33.2. The van der Waals surface area contributed by atoms with Crippen LogP contribution in [0.1, 0.15) is 22.7 Å². The molecule has 9 nitrogen and oxygen atoms in total. The Hall–Kier alpha value is -4.57. The smallest absolute Gasteiger partial charge is 0.301 e. The van der Waals surface area contributed by atoms with Crippen molar-refractivity contribution in [1.82, 2.24) is 4.98 Å². The number of carbonyl (C=O) groups excluding carboxylic acids is 2. The van der Waals surface area contributed by atoms with Gasteiger partial charge in [-0.25, -0.2) is 4.98 Å². The van der Waals surface area contributed by atoms with Crippen molar-refractivity contribution < 1.29 is 33.6 Å². The van der Waals surface area contributed by atoms with Gasteiger partial charge < -0.3 is 24.1 Å². The van der Waals surface area contributed by atoms with Crippen LogP contribution in [0.4, 0.5) is 5.13 Å². The molecule has 0 aliphatic carbocycles. The lowest BCUT2D eigenvalue weighted by Crippen LogP contribution is -2.29. The van der Waals surface area contributed by atoms with E-state index in [0.29, 0.717) is 44.8 Å². The van der Waals surface area contributed by atoms with E-state index in [1.54, 1.807) is 36.4 Å². The van der Waals surface area contributed by atoms with Gasteiger partial charge in [0.1, 0.15) is 11.5 Å². The normalized spacial score (nSPS) is 16.5. The highest BCUT2D eigenvalue weighted by molar-refractivity contribution is 7.22. The highest BCUT2D eigenvalue weighted by Crippen LogP contribution is 2.48. The maximum Gasteiger partial charge on any atom is 0.301 e. The minimum absolute atomic E-state index is 0.0881. The molecule has 1 amide bonds. The Morgan fingerprint density at radius 1 is 0.897 bits per heavy atom. The van der Waals surface area contributed by atoms with Gasteiger partial charge in [-0.1, -0.05) is 17.4 Å². The number of aliphatic hydroxyl groups excluding tert-OH is 1. The molecule has 1 fully saturated rings. The maximum absolute atomic E-state index is 13.6. The number of fused-ring (bicyclic) bond motifs is 1. The number of amides is 1. The first-order chi connectivity index (χ1) is 18.8. The molecule has 39 heavy (non-hydrogen) atoms. The van der Waals surface area contributed by atoms with E-state index in [1.807, 2.05) is 25.1 Å². The number of hydrogen-bond donors (Lipinski definition) is 1. The van der Waals surface area contributed by atoms with Crippen LogP contribution in [-0.4, -0.2) is 50.2 Å². The Morgan fingerprint density at radius 3 is 2.15 bits per heavy atom. The number of thiazole rings is 1. The van der Waals surface area contributed by atoms with E-state index in [4.69, 9.17) is 18.9 Å². The molecule has 0 bridgehead atoms. The van der Waals surface area contributed by atoms with Crippen molar-refractivity contribution in [2.24, 2.45) is 0 Å². The Bertz CT molecular complexity index is 1600. The fourth-order valence-corrected chi connectivity index (χ4v) is 5.72. The van der Waals surface area contributed by atoms with Gasteiger partial charge in [0.2, 0.25) is 5.75 Å². The van der Waals surface area contributed by atoms with Crippen LogP contribution >= 0.6 is 11.3 Å². The second-order valence-electron chi connectivity index (χ2n) is 8.82. The predicted molar refractivity (Wildman–Crippen MR) is 148 cm³/mol. The van der Waals surface area contributed by atoms with Crippen molar-refractivity contribution in [3.63, 3.8) is 0 Å². The molecule has 200 valence electrons. The van der Waals surface area contributed by atoms with E-state index in [2.05, 4.69) is 4.98 Å². The molecule has 3 aromatic carbocycles. The Kier molecular flexibility index (Phi) is 6.88. The molecule has 0 saturated carbocycles. The molecule has 1 aliphatic rings. The number of benzene rings is 3. The van der Waals surface area contributed by atoms with Crippen LogP contribution in [0.2, 0.25) is 0 Å². The van der Waals surface area contributed by atoms with Crippen LogP contribution in [0.3, 0.4) is 0 Å². The lowest BCUT2D eigenvalue weighted by atomic mass is 9.94. The van der Waals surface area contributed by atoms with E-state index >= 15 is 0 Å². The molecule has 1 saturated heterocycles. The topological polar surface area (TPSA) is 107 Å². The van der Waals surface area contributed by atoms with Gasteiger partial charge in [-0.2, -0.15) is 0 Å². The van der Waals surface area contributed by atoms with Gasteiger partial charge >= 0.3 is 5.91 Å². The van der Waals surface area contributed by atoms with Gasteiger partial charge in [0.25, 0.3) is 5.78 Å². The molecule has 5 rings (SSSR count). The van der Waals surface area contributed by atoms with Crippen LogP contribution in [0.15, 0.2) is 60.2 Å². The molecule has 1 aromatic heterocycles. The minimum Gasteiger partial charge on any atom is -0.507 e. The van der Waals surface area contributed by atoms with E-state index < -0.39 is 17.7 Å². The number of ether oxygens (including phenoxy) is 4. The zero-order valence-corrected chi connectivity index (χ0v) is 22.8. The molecule has 0 spiro atoms. The summed E-state index contributed by atoms with van der Waals surface area (Å²) in [5, 5.41) is 11.8. The summed E-state index contributed by atoms with van der Waals surface area (Å²) >= 11 is 1.29. The molecule has 10 heteroatoms. The fraction of sp³-hybridized carbons (Fsp3) is 0.207. The number of carbonyl (C=O) groups is 2. The number of ketones is 1. The molecule has 0 radical (unpaired) electrons. The van der Waals surface area contributed by atoms with Crippen LogP contribution in [-0.2, 0) is 9.59 Å². The Balaban J connectivity index is 1.77. The zero-order chi connectivity index (χ0) is 27.8. The van der Waals surface area contributed by atoms with Crippen LogP contribution in [0.25, 0.3) is 16.0 Å².